The molecule has 0 N–H and O–H groups in total. The molecule has 0 unspecified atom stereocenters. The number of alkyl halides is 3. The highest BCUT2D eigenvalue weighted by Crippen LogP contribution is 2.38. The second kappa shape index (κ2) is 7.93. The van der Waals surface area contributed by atoms with Crippen molar-refractivity contribution < 1.29 is 27.1 Å². The number of benzene rings is 1. The van der Waals surface area contributed by atoms with Crippen molar-refractivity contribution in [2.24, 2.45) is 0 Å². The van der Waals surface area contributed by atoms with Gasteiger partial charge in [0, 0.05) is 12.7 Å². The molecular formula is C20H13Cl2F4N5O2. The third-order valence-corrected chi connectivity index (χ3v) is 6.46. The fraction of sp³-hybridized carbons (Fsp3) is 0.300. The molecule has 0 saturated carbocycles. The predicted octanol–water partition coefficient (Wildman–Crippen LogP) is 4.40. The van der Waals surface area contributed by atoms with Crippen LogP contribution in [0.1, 0.15) is 27.8 Å². The standard InChI is InChI=1S/C20H13Cl2F4N5O2/c21-15-11(1-2-12(23)16(15)22)19(32)31-10-6-30-17(28-29-18(30)14(31)8-33-7-10)13-5-9(3-4-27-13)20(24,25)26/h1-5,10,14H,6-8H2/t10-,14-/m1/s1. The smallest absolute Gasteiger partial charge is 0.377 e. The summed E-state index contributed by atoms with van der Waals surface area (Å²) in [7, 11) is 0. The molecule has 0 spiro atoms. The maximum Gasteiger partial charge on any atom is 0.416 e. The number of ether oxygens (including phenoxy) is 1. The number of carbonyl (C=O) groups excluding carboxylic acids is 1. The zero-order chi connectivity index (χ0) is 23.5. The van der Waals surface area contributed by atoms with Crippen LogP contribution >= 0.6 is 23.2 Å². The normalized spacial score (nSPS) is 20.0. The van der Waals surface area contributed by atoms with Crippen molar-refractivity contribution in [2.45, 2.75) is 24.8 Å². The first kappa shape index (κ1) is 22.1. The van der Waals surface area contributed by atoms with E-state index in [1.165, 1.54) is 11.0 Å². The average Bonchev–Trinajstić information content (AvgIpc) is 3.20. The average molecular weight is 502 g/mol. The number of halogens is 6. The van der Waals surface area contributed by atoms with Crippen molar-refractivity contribution in [3.8, 4) is 11.5 Å². The molecule has 5 rings (SSSR count). The summed E-state index contributed by atoms with van der Waals surface area (Å²) in [5.74, 6) is -0.757. The number of pyridine rings is 1. The van der Waals surface area contributed by atoms with Gasteiger partial charge in [-0.3, -0.25) is 9.78 Å². The van der Waals surface area contributed by atoms with E-state index < -0.39 is 35.5 Å². The summed E-state index contributed by atoms with van der Waals surface area (Å²) in [5.41, 5.74) is -0.827. The van der Waals surface area contributed by atoms with E-state index in [9.17, 15) is 22.4 Å². The van der Waals surface area contributed by atoms with Gasteiger partial charge < -0.3 is 14.2 Å². The summed E-state index contributed by atoms with van der Waals surface area (Å²) >= 11 is 12.0. The monoisotopic (exact) mass is 501 g/mol. The topological polar surface area (TPSA) is 73.1 Å². The van der Waals surface area contributed by atoms with Crippen LogP contribution < -0.4 is 0 Å². The summed E-state index contributed by atoms with van der Waals surface area (Å²) < 4.78 is 60.4. The maximum absolute atomic E-state index is 13.7. The van der Waals surface area contributed by atoms with E-state index >= 15 is 0 Å². The minimum atomic E-state index is -4.54. The largest absolute Gasteiger partial charge is 0.416 e. The van der Waals surface area contributed by atoms with Crippen molar-refractivity contribution in [1.82, 2.24) is 24.6 Å². The van der Waals surface area contributed by atoms with Crippen molar-refractivity contribution >= 4 is 29.1 Å². The van der Waals surface area contributed by atoms with Crippen molar-refractivity contribution in [1.29, 1.82) is 0 Å². The fourth-order valence-corrected chi connectivity index (χ4v) is 4.48. The molecule has 13 heteroatoms. The van der Waals surface area contributed by atoms with Crippen LogP contribution in [0.5, 0.6) is 0 Å². The lowest BCUT2D eigenvalue weighted by atomic mass is 10.0. The Morgan fingerprint density at radius 2 is 1.91 bits per heavy atom. The molecule has 1 aromatic carbocycles. The summed E-state index contributed by atoms with van der Waals surface area (Å²) in [6.07, 6.45) is -3.48. The molecule has 0 aliphatic carbocycles. The van der Waals surface area contributed by atoms with Crippen LogP contribution in [-0.2, 0) is 17.5 Å². The Balaban J connectivity index is 1.54. The van der Waals surface area contributed by atoms with Crippen LogP contribution in [0.25, 0.3) is 11.5 Å². The summed E-state index contributed by atoms with van der Waals surface area (Å²) in [6.45, 7) is 0.412. The number of rotatable bonds is 2. The van der Waals surface area contributed by atoms with E-state index in [0.29, 0.717) is 5.82 Å². The Hall–Kier alpha value is -2.76. The van der Waals surface area contributed by atoms with Crippen LogP contribution in [0.2, 0.25) is 10.0 Å². The van der Waals surface area contributed by atoms with Gasteiger partial charge >= 0.3 is 6.18 Å². The van der Waals surface area contributed by atoms with Gasteiger partial charge in [-0.15, -0.1) is 10.2 Å². The Morgan fingerprint density at radius 1 is 1.12 bits per heavy atom. The molecule has 1 amide bonds. The number of fused-ring (bicyclic) bond motifs is 4. The van der Waals surface area contributed by atoms with Crippen molar-refractivity contribution in [2.75, 3.05) is 13.2 Å². The fourth-order valence-electron chi connectivity index (χ4n) is 4.08. The molecule has 3 aromatic rings. The van der Waals surface area contributed by atoms with Crippen LogP contribution in [0.15, 0.2) is 30.5 Å². The Kier molecular flexibility index (Phi) is 5.30. The van der Waals surface area contributed by atoms with Gasteiger partial charge in [-0.05, 0) is 24.3 Å². The second-order valence-electron chi connectivity index (χ2n) is 7.56. The number of hydrogen-bond donors (Lipinski definition) is 0. The van der Waals surface area contributed by atoms with Crippen LogP contribution in [0.4, 0.5) is 17.6 Å². The summed E-state index contributed by atoms with van der Waals surface area (Å²) in [4.78, 5) is 18.9. The van der Waals surface area contributed by atoms with Gasteiger partial charge in [0.2, 0.25) is 0 Å². The zero-order valence-corrected chi connectivity index (χ0v) is 18.0. The molecule has 1 fully saturated rings. The quantitative estimate of drug-likeness (QED) is 0.384. The van der Waals surface area contributed by atoms with E-state index in [1.807, 2.05) is 0 Å². The van der Waals surface area contributed by atoms with E-state index in [4.69, 9.17) is 27.9 Å². The number of nitrogens with zero attached hydrogens (tertiary/aromatic N) is 5. The highest BCUT2D eigenvalue weighted by atomic mass is 35.5. The zero-order valence-electron chi connectivity index (χ0n) is 16.5. The molecule has 2 aliphatic rings. The Labute approximate surface area is 193 Å². The van der Waals surface area contributed by atoms with Gasteiger partial charge in [-0.1, -0.05) is 23.2 Å². The molecule has 2 bridgehead atoms. The first-order chi connectivity index (χ1) is 15.7. The molecule has 2 aliphatic heterocycles. The highest BCUT2D eigenvalue weighted by molar-refractivity contribution is 6.44. The summed E-state index contributed by atoms with van der Waals surface area (Å²) in [6, 6.07) is 2.90. The SMILES string of the molecule is O=C(c1ccc(F)c(Cl)c1Cl)N1[C@H]2COC[C@@H]1c1nnc(-c3cc(C(F)(F)F)ccn3)n1C2. The van der Waals surface area contributed by atoms with E-state index in [1.54, 1.807) is 4.57 Å². The molecule has 172 valence electrons. The van der Waals surface area contributed by atoms with Gasteiger partial charge in [-0.25, -0.2) is 4.39 Å². The Morgan fingerprint density at radius 3 is 2.67 bits per heavy atom. The minimum absolute atomic E-state index is 0.00991. The second-order valence-corrected chi connectivity index (χ2v) is 8.32. The predicted molar refractivity (Wildman–Crippen MR) is 108 cm³/mol. The van der Waals surface area contributed by atoms with Crippen LogP contribution in [0, 0.1) is 5.82 Å². The van der Waals surface area contributed by atoms with Crippen molar-refractivity contribution in [3.63, 3.8) is 0 Å². The Bertz CT molecular complexity index is 1270. The van der Waals surface area contributed by atoms with Gasteiger partial charge in [0.15, 0.2) is 11.6 Å². The van der Waals surface area contributed by atoms with Crippen LogP contribution in [0.3, 0.4) is 0 Å². The van der Waals surface area contributed by atoms with Crippen molar-refractivity contribution in [3.05, 3.63) is 63.3 Å². The number of carbonyl (C=O) groups is 1. The maximum atomic E-state index is 13.7. The third-order valence-electron chi connectivity index (χ3n) is 5.60. The molecule has 1 saturated heterocycles. The lowest BCUT2D eigenvalue weighted by molar-refractivity contribution is -0.137. The van der Waals surface area contributed by atoms with Gasteiger partial charge in [0.25, 0.3) is 5.91 Å². The van der Waals surface area contributed by atoms with Gasteiger partial charge in [0.05, 0.1) is 40.4 Å². The van der Waals surface area contributed by atoms with E-state index in [2.05, 4.69) is 15.2 Å². The molecule has 4 heterocycles. The number of aromatic nitrogens is 4. The first-order valence-corrected chi connectivity index (χ1v) is 10.4. The number of morpholine rings is 1. The molecular weight excluding hydrogens is 489 g/mol. The molecule has 0 radical (unpaired) electrons. The molecule has 2 atom stereocenters. The van der Waals surface area contributed by atoms with E-state index in [0.717, 1.165) is 24.4 Å². The molecule has 2 aromatic heterocycles. The van der Waals surface area contributed by atoms with E-state index in [-0.39, 0.29) is 46.9 Å². The third kappa shape index (κ3) is 3.64. The lowest BCUT2D eigenvalue weighted by Gasteiger charge is -2.45. The van der Waals surface area contributed by atoms with Gasteiger partial charge in [0.1, 0.15) is 17.6 Å². The molecule has 33 heavy (non-hydrogen) atoms. The first-order valence-electron chi connectivity index (χ1n) is 9.67. The molecule has 7 nitrogen and oxygen atoms in total. The van der Waals surface area contributed by atoms with Crippen LogP contribution in [-0.4, -0.2) is 49.8 Å². The number of amides is 1. The lowest BCUT2D eigenvalue weighted by Crippen LogP contribution is -2.56. The number of hydrogen-bond acceptors (Lipinski definition) is 5. The summed E-state index contributed by atoms with van der Waals surface area (Å²) in [5, 5.41) is 7.61. The van der Waals surface area contributed by atoms with Gasteiger partial charge in [-0.2, -0.15) is 13.2 Å². The highest BCUT2D eigenvalue weighted by Gasteiger charge is 2.44. The minimum Gasteiger partial charge on any atom is -0.377 e.